The van der Waals surface area contributed by atoms with Crippen LogP contribution in [0.2, 0.25) is 0 Å². The van der Waals surface area contributed by atoms with Crippen molar-refractivity contribution >= 4 is 33.3 Å². The highest BCUT2D eigenvalue weighted by Gasteiger charge is 2.26. The molecule has 1 fully saturated rings. The smallest absolute Gasteiger partial charge is 0.260 e. The molecule has 0 aliphatic carbocycles. The van der Waals surface area contributed by atoms with Gasteiger partial charge in [-0.1, -0.05) is 19.9 Å². The van der Waals surface area contributed by atoms with Crippen LogP contribution in [0.1, 0.15) is 36.3 Å². The van der Waals surface area contributed by atoms with E-state index in [1.165, 1.54) is 30.5 Å². The molecule has 1 amide bonds. The van der Waals surface area contributed by atoms with Gasteiger partial charge in [-0.2, -0.15) is 0 Å². The van der Waals surface area contributed by atoms with Crippen molar-refractivity contribution in [3.05, 3.63) is 92.6 Å². The zero-order valence-corrected chi connectivity index (χ0v) is 21.7. The van der Waals surface area contributed by atoms with Gasteiger partial charge in [0.1, 0.15) is 23.0 Å². The Balaban J connectivity index is 0.000000305. The number of nitrogens with zero attached hydrogens (tertiary/aromatic N) is 4. The molecule has 0 saturated carbocycles. The van der Waals surface area contributed by atoms with Gasteiger partial charge in [-0.3, -0.25) is 9.59 Å². The molecule has 0 bridgehead atoms. The van der Waals surface area contributed by atoms with Crippen LogP contribution in [0.4, 0.5) is 14.6 Å². The molecule has 0 radical (unpaired) electrons. The molecule has 8 nitrogen and oxygen atoms in total. The third-order valence-electron chi connectivity index (χ3n) is 5.27. The number of halogens is 3. The highest BCUT2D eigenvalue weighted by atomic mass is 79.9. The highest BCUT2D eigenvalue weighted by Crippen LogP contribution is 2.19. The Kier molecular flexibility index (Phi) is 9.29. The van der Waals surface area contributed by atoms with Crippen molar-refractivity contribution in [2.75, 3.05) is 18.0 Å². The number of pyridine rings is 1. The summed E-state index contributed by atoms with van der Waals surface area (Å²) in [7, 11) is 0. The van der Waals surface area contributed by atoms with Crippen LogP contribution in [0.15, 0.2) is 64.1 Å². The molecule has 4 aromatic rings. The summed E-state index contributed by atoms with van der Waals surface area (Å²) in [6, 6.07) is 9.91. The van der Waals surface area contributed by atoms with Gasteiger partial charge in [-0.25, -0.2) is 18.3 Å². The Bertz CT molecular complexity index is 1370. The van der Waals surface area contributed by atoms with E-state index in [2.05, 4.69) is 41.2 Å². The number of imidazole rings is 1. The van der Waals surface area contributed by atoms with Crippen LogP contribution in [-0.2, 0) is 0 Å². The molecule has 11 heteroatoms. The first-order chi connectivity index (χ1) is 17.3. The Morgan fingerprint density at radius 3 is 2.56 bits per heavy atom. The van der Waals surface area contributed by atoms with Gasteiger partial charge in [0, 0.05) is 35.9 Å². The van der Waals surface area contributed by atoms with E-state index in [1.807, 2.05) is 37.4 Å². The Morgan fingerprint density at radius 1 is 1.17 bits per heavy atom. The van der Waals surface area contributed by atoms with Crippen molar-refractivity contribution in [3.63, 3.8) is 0 Å². The second-order valence-electron chi connectivity index (χ2n) is 7.77. The van der Waals surface area contributed by atoms with Crippen LogP contribution in [0.3, 0.4) is 0 Å². The number of aryl methyl sites for hydroxylation is 1. The summed E-state index contributed by atoms with van der Waals surface area (Å²) in [6.07, 6.45) is 4.09. The molecule has 3 aromatic heterocycles. The molecule has 36 heavy (non-hydrogen) atoms. The highest BCUT2D eigenvalue weighted by molar-refractivity contribution is 9.10. The fourth-order valence-corrected chi connectivity index (χ4v) is 3.93. The molecule has 2 N–H and O–H groups in total. The topological polar surface area (TPSA) is 95.4 Å². The molecule has 4 heterocycles. The van der Waals surface area contributed by atoms with Gasteiger partial charge in [0.05, 0.1) is 11.9 Å². The molecule has 0 spiro atoms. The van der Waals surface area contributed by atoms with Crippen molar-refractivity contribution in [3.8, 4) is 0 Å². The van der Waals surface area contributed by atoms with Crippen molar-refractivity contribution in [2.45, 2.75) is 33.2 Å². The minimum absolute atomic E-state index is 0.0396. The van der Waals surface area contributed by atoms with Gasteiger partial charge in [0.2, 0.25) is 0 Å². The molecular formula is C25H27BrF2N6O2. The first-order valence-electron chi connectivity index (χ1n) is 11.5. The van der Waals surface area contributed by atoms with Crippen LogP contribution in [0.5, 0.6) is 0 Å². The molecule has 1 aliphatic heterocycles. The third kappa shape index (κ3) is 6.75. The minimum Gasteiger partial charge on any atom is -0.353 e. The molecular weight excluding hydrogens is 534 g/mol. The average Bonchev–Trinajstić information content (AvgIpc) is 3.48. The van der Waals surface area contributed by atoms with Gasteiger partial charge in [0.25, 0.3) is 11.5 Å². The van der Waals surface area contributed by atoms with E-state index in [9.17, 15) is 18.4 Å². The maximum Gasteiger partial charge on any atom is 0.260 e. The average molecular weight is 561 g/mol. The number of hydrogen-bond donors (Lipinski definition) is 2. The summed E-state index contributed by atoms with van der Waals surface area (Å²) >= 11 is 3.27. The van der Waals surface area contributed by atoms with Crippen molar-refractivity contribution < 1.29 is 13.6 Å². The fourth-order valence-electron chi connectivity index (χ4n) is 3.58. The number of rotatable bonds is 3. The molecule has 0 unspecified atom stereocenters. The van der Waals surface area contributed by atoms with Crippen LogP contribution in [0.25, 0.3) is 5.65 Å². The number of hydrogen-bond acceptors (Lipinski definition) is 5. The van der Waals surface area contributed by atoms with Gasteiger partial charge in [0.15, 0.2) is 5.65 Å². The number of anilines is 1. The predicted octanol–water partition coefficient (Wildman–Crippen LogP) is 4.49. The number of aromatic amines is 1. The van der Waals surface area contributed by atoms with Crippen LogP contribution in [0, 0.1) is 18.6 Å². The first-order valence-corrected chi connectivity index (χ1v) is 12.3. The summed E-state index contributed by atoms with van der Waals surface area (Å²) < 4.78 is 26.3. The first kappa shape index (κ1) is 27.0. The maximum absolute atomic E-state index is 12.4. The predicted molar refractivity (Wildman–Crippen MR) is 138 cm³/mol. The van der Waals surface area contributed by atoms with Gasteiger partial charge >= 0.3 is 0 Å². The van der Waals surface area contributed by atoms with E-state index >= 15 is 0 Å². The number of benzene rings is 1. The zero-order valence-electron chi connectivity index (χ0n) is 20.1. The van der Waals surface area contributed by atoms with Crippen molar-refractivity contribution in [1.82, 2.24) is 24.9 Å². The lowest BCUT2D eigenvalue weighted by atomic mass is 10.2. The molecule has 5 rings (SSSR count). The monoisotopic (exact) mass is 560 g/mol. The fraction of sp³-hybridized carbons (Fsp3) is 0.280. The minimum atomic E-state index is -0.537. The third-order valence-corrected chi connectivity index (χ3v) is 5.72. The molecule has 1 saturated heterocycles. The lowest BCUT2D eigenvalue weighted by molar-refractivity contribution is 0.0938. The second kappa shape index (κ2) is 12.4. The Morgan fingerprint density at radius 2 is 1.89 bits per heavy atom. The number of aromatic nitrogens is 4. The van der Waals surface area contributed by atoms with Crippen LogP contribution < -0.4 is 15.8 Å². The van der Waals surface area contributed by atoms with Gasteiger partial charge in [-0.15, -0.1) is 5.10 Å². The lowest BCUT2D eigenvalue weighted by Crippen LogP contribution is -2.39. The summed E-state index contributed by atoms with van der Waals surface area (Å²) in [5.74, 6) is -0.598. The second-order valence-corrected chi connectivity index (χ2v) is 8.68. The summed E-state index contributed by atoms with van der Waals surface area (Å²) in [4.78, 5) is 33.2. The number of carbonyl (C=O) groups is 1. The summed E-state index contributed by atoms with van der Waals surface area (Å²) in [5, 5.41) is 7.56. The zero-order chi connectivity index (χ0) is 26.2. The Hall–Kier alpha value is -3.60. The standard InChI is InChI=1S/C17H17BrN6O2.C6H4F2.C2H6/c1-10-7-19-14-2-3-15(22-24(10)14)23-5-4-12(9-23)21-17(26)13-6-11(18)8-20-16(13)25;7-5-2-1-3-6(8)4-5;1-2/h2-3,6-8,12H,4-5,9H2,1H3,(H,20,25)(H,21,26);1-4H;1-2H3/t12-;;/m0../s1. The molecule has 1 aliphatic rings. The molecule has 1 atom stereocenters. The van der Waals surface area contributed by atoms with Crippen molar-refractivity contribution in [2.24, 2.45) is 0 Å². The van der Waals surface area contributed by atoms with Gasteiger partial charge < -0.3 is 15.2 Å². The summed E-state index contributed by atoms with van der Waals surface area (Å²) in [6.45, 7) is 7.38. The largest absolute Gasteiger partial charge is 0.353 e. The van der Waals surface area contributed by atoms with E-state index in [0.717, 1.165) is 36.2 Å². The lowest BCUT2D eigenvalue weighted by Gasteiger charge is -2.18. The summed E-state index contributed by atoms with van der Waals surface area (Å²) in [5.41, 5.74) is 1.48. The SMILES string of the molecule is CC.Cc1cnc2ccc(N3CC[C@H](NC(=O)c4cc(Br)c[nH]c4=O)C3)nn12.Fc1cccc(F)c1. The number of amides is 1. The number of fused-ring (bicyclic) bond motifs is 1. The number of carbonyl (C=O) groups excluding carboxylic acids is 1. The van der Waals surface area contributed by atoms with E-state index < -0.39 is 17.2 Å². The van der Waals surface area contributed by atoms with E-state index in [4.69, 9.17) is 0 Å². The van der Waals surface area contributed by atoms with Crippen molar-refractivity contribution in [1.29, 1.82) is 0 Å². The normalized spacial score (nSPS) is 14.5. The Labute approximate surface area is 215 Å². The van der Waals surface area contributed by atoms with Crippen LogP contribution in [-0.4, -0.2) is 44.6 Å². The van der Waals surface area contributed by atoms with E-state index in [-0.39, 0.29) is 17.5 Å². The van der Waals surface area contributed by atoms with E-state index in [1.54, 1.807) is 6.20 Å². The number of nitrogens with one attached hydrogen (secondary N) is 2. The van der Waals surface area contributed by atoms with Crippen LogP contribution >= 0.6 is 15.9 Å². The quantitative estimate of drug-likeness (QED) is 0.385. The van der Waals surface area contributed by atoms with E-state index in [0.29, 0.717) is 11.0 Å². The van der Waals surface area contributed by atoms with Gasteiger partial charge in [-0.05, 0) is 59.6 Å². The number of H-pyrrole nitrogens is 1. The maximum atomic E-state index is 12.4. The molecule has 1 aromatic carbocycles. The molecule has 190 valence electrons.